The summed E-state index contributed by atoms with van der Waals surface area (Å²) in [7, 11) is -5.34. The van der Waals surface area contributed by atoms with Crippen LogP contribution in [-0.2, 0) is 20.1 Å². The molecule has 4 unspecified atom stereocenters. The maximum Gasteiger partial charge on any atom is 0.193 e. The molecule has 5 heteroatoms. The molecule has 4 aliphatic carbocycles. The van der Waals surface area contributed by atoms with Gasteiger partial charge in [0.1, 0.15) is 0 Å². The molecule has 0 bridgehead atoms. The second kappa shape index (κ2) is 15.8. The molecule has 310 valence electrons. The third-order valence-electron chi connectivity index (χ3n) is 14.7. The van der Waals surface area contributed by atoms with Crippen molar-refractivity contribution in [2.24, 2.45) is 0 Å². The van der Waals surface area contributed by atoms with Crippen LogP contribution in [0.5, 0.6) is 0 Å². The van der Waals surface area contributed by atoms with Crippen LogP contribution in [0.4, 0.5) is 0 Å². The molecule has 0 spiro atoms. The Morgan fingerprint density at radius 1 is 0.483 bits per heavy atom. The maximum absolute atomic E-state index is 6.96. The summed E-state index contributed by atoms with van der Waals surface area (Å²) < 4.78 is 13.9. The van der Waals surface area contributed by atoms with E-state index < -0.39 is 25.4 Å². The van der Waals surface area contributed by atoms with Gasteiger partial charge < -0.3 is 8.85 Å². The average molecular weight is 827 g/mol. The summed E-state index contributed by atoms with van der Waals surface area (Å²) in [4.78, 5) is 0. The Morgan fingerprint density at radius 3 is 1.12 bits per heavy atom. The molecule has 0 heterocycles. The highest BCUT2D eigenvalue weighted by molar-refractivity contribution is 6.74. The van der Waals surface area contributed by atoms with Crippen LogP contribution in [0.25, 0.3) is 0 Å². The second-order valence-corrected chi connectivity index (χ2v) is 34.3. The van der Waals surface area contributed by atoms with Gasteiger partial charge in [0, 0.05) is 11.8 Å². The van der Waals surface area contributed by atoms with Crippen molar-refractivity contribution >= 4 is 25.4 Å². The first-order valence-corrected chi connectivity index (χ1v) is 30.2. The molecule has 2 aromatic rings. The largest absolute Gasteiger partial charge is 0.408 e. The molecule has 0 saturated heterocycles. The highest BCUT2D eigenvalue weighted by Gasteiger charge is 2.44. The van der Waals surface area contributed by atoms with Crippen molar-refractivity contribution in [3.63, 3.8) is 0 Å². The van der Waals surface area contributed by atoms with E-state index in [-0.39, 0.29) is 33.1 Å². The Labute approximate surface area is 357 Å². The molecule has 58 heavy (non-hydrogen) atoms. The van der Waals surface area contributed by atoms with Crippen molar-refractivity contribution in [1.29, 1.82) is 0 Å². The molecule has 0 aromatic heterocycles. The summed E-state index contributed by atoms with van der Waals surface area (Å²) in [6.45, 7) is 39.7. The van der Waals surface area contributed by atoms with Gasteiger partial charge in [-0.1, -0.05) is 169 Å². The summed E-state index contributed by atoms with van der Waals surface area (Å²) >= 11 is 0. The van der Waals surface area contributed by atoms with E-state index in [9.17, 15) is 0 Å². The lowest BCUT2D eigenvalue weighted by atomic mass is 9.87. The highest BCUT2D eigenvalue weighted by atomic mass is 28.4. The number of allylic oxidation sites excluding steroid dienone is 16. The van der Waals surface area contributed by atoms with Crippen LogP contribution >= 0.6 is 0 Å². The lowest BCUT2D eigenvalue weighted by molar-refractivity contribution is 0.0897. The first-order valence-electron chi connectivity index (χ1n) is 21.9. The minimum absolute atomic E-state index is 0.162. The Morgan fingerprint density at radius 2 is 0.810 bits per heavy atom. The van der Waals surface area contributed by atoms with Crippen LogP contribution < -0.4 is 0 Å². The first-order chi connectivity index (χ1) is 26.8. The molecule has 6 rings (SSSR count). The van der Waals surface area contributed by atoms with E-state index in [1.165, 1.54) is 55.7 Å². The molecule has 4 aliphatic rings. The van der Waals surface area contributed by atoms with Gasteiger partial charge in [-0.05, 0) is 133 Å². The molecule has 2 aromatic carbocycles. The van der Waals surface area contributed by atoms with Crippen molar-refractivity contribution < 1.29 is 8.85 Å². The average Bonchev–Trinajstić information content (AvgIpc) is 3.41. The minimum Gasteiger partial charge on any atom is -0.408 e. The van der Waals surface area contributed by atoms with E-state index in [1.807, 2.05) is 0 Å². The van der Waals surface area contributed by atoms with E-state index >= 15 is 0 Å². The van der Waals surface area contributed by atoms with Crippen molar-refractivity contribution in [1.82, 2.24) is 0 Å². The van der Waals surface area contributed by atoms with Gasteiger partial charge >= 0.3 is 0 Å². The summed E-state index contributed by atoms with van der Waals surface area (Å²) in [5.41, 5.74) is 14.5. The Kier molecular flexibility index (Phi) is 12.1. The molecule has 2 nitrogen and oxygen atoms in total. The van der Waals surface area contributed by atoms with E-state index in [4.69, 9.17) is 8.85 Å². The van der Waals surface area contributed by atoms with Crippen molar-refractivity contribution in [3.8, 4) is 0 Å². The summed E-state index contributed by atoms with van der Waals surface area (Å²) in [6.07, 6.45) is 23.9. The smallest absolute Gasteiger partial charge is 0.193 e. The lowest BCUT2D eigenvalue weighted by Gasteiger charge is -2.43. The molecule has 0 saturated carbocycles. The Hall–Kier alpha value is -3.07. The highest BCUT2D eigenvalue weighted by Crippen LogP contribution is 2.54. The molecule has 0 aliphatic heterocycles. The third-order valence-corrected chi connectivity index (χ3v) is 27.9. The summed E-state index contributed by atoms with van der Waals surface area (Å²) in [6, 6.07) is 18.7. The summed E-state index contributed by atoms with van der Waals surface area (Å²) in [5, 5.41) is 0.325. The molecule has 0 fully saturated rings. The summed E-state index contributed by atoms with van der Waals surface area (Å²) in [5.74, 6) is 0.456. The standard InChI is InChI=1S/C53H74O2Si3/c1-36-34-46-42(38-26-30-40(31-27-38)52(9,10)54-57(14,15)50(3,4)5)22-18-20-24-44(46)48(36)56(13)49-37(2)35-47-43(23-19-21-25-45(47)49)39-28-32-41(33-29-39)53(11,12)55-58(16,17)51(6,7)8/h18-35,42-43,48-49,56H,1-17H3. The Balaban J connectivity index is 1.26. The van der Waals surface area contributed by atoms with E-state index in [1.54, 1.807) is 0 Å². The fraction of sp³-hybridized carbons (Fsp3) is 0.472. The Bertz CT molecular complexity index is 1980. The van der Waals surface area contributed by atoms with Gasteiger partial charge in [0.15, 0.2) is 16.6 Å². The molecule has 0 amide bonds. The number of rotatable bonds is 10. The molecular formula is C53H74O2Si3. The zero-order chi connectivity index (χ0) is 42.8. The van der Waals surface area contributed by atoms with Gasteiger partial charge in [-0.15, -0.1) is 0 Å². The van der Waals surface area contributed by atoms with E-state index in [2.05, 4.69) is 225 Å². The maximum atomic E-state index is 6.96. The molecule has 0 N–H and O–H groups in total. The number of hydrogen-bond acceptors (Lipinski definition) is 2. The first kappa shape index (κ1) is 44.5. The predicted octanol–water partition coefficient (Wildman–Crippen LogP) is 15.4. The van der Waals surface area contributed by atoms with E-state index in [0.29, 0.717) is 11.1 Å². The molecule has 4 atom stereocenters. The SMILES string of the molecule is CC1=CC2=C(C=CC=CC2c2ccc(C(C)(C)O[Si](C)(C)C(C)(C)C)cc2)C1[SiH](C)C1C(C)=CC2=C1C=CC=CC2c1ccc(C(C)(C)O[Si](C)(C)C(C)(C)C)cc1. The van der Waals surface area contributed by atoms with Gasteiger partial charge in [0.2, 0.25) is 0 Å². The van der Waals surface area contributed by atoms with Crippen LogP contribution in [0.3, 0.4) is 0 Å². The lowest BCUT2D eigenvalue weighted by Crippen LogP contribution is -2.46. The third kappa shape index (κ3) is 8.59. The number of hydrogen-bond donors (Lipinski definition) is 0. The van der Waals surface area contributed by atoms with Crippen molar-refractivity contribution in [2.45, 2.75) is 160 Å². The topological polar surface area (TPSA) is 18.5 Å². The van der Waals surface area contributed by atoms with Gasteiger partial charge in [-0.25, -0.2) is 0 Å². The van der Waals surface area contributed by atoms with Crippen molar-refractivity contribution in [3.05, 3.63) is 165 Å². The molecule has 0 radical (unpaired) electrons. The van der Waals surface area contributed by atoms with Crippen LogP contribution in [0.2, 0.25) is 53.9 Å². The van der Waals surface area contributed by atoms with Crippen molar-refractivity contribution in [2.75, 3.05) is 0 Å². The monoisotopic (exact) mass is 826 g/mol. The minimum atomic E-state index is -1.94. The fourth-order valence-electron chi connectivity index (χ4n) is 9.55. The second-order valence-electron chi connectivity index (χ2n) is 21.8. The fourth-order valence-corrected chi connectivity index (χ4v) is 16.9. The van der Waals surface area contributed by atoms with Gasteiger partial charge in [-0.2, -0.15) is 0 Å². The van der Waals surface area contributed by atoms with Gasteiger partial charge in [0.25, 0.3) is 0 Å². The van der Waals surface area contributed by atoms with Gasteiger partial charge in [0.05, 0.1) is 20.0 Å². The quantitative estimate of drug-likeness (QED) is 0.222. The predicted molar refractivity (Wildman–Crippen MR) is 260 cm³/mol. The molecular weight excluding hydrogens is 753 g/mol. The zero-order valence-electron chi connectivity index (χ0n) is 39.1. The number of benzene rings is 2. The van der Waals surface area contributed by atoms with Crippen LogP contribution in [-0.4, -0.2) is 25.4 Å². The normalized spacial score (nSPS) is 23.5. The van der Waals surface area contributed by atoms with Crippen LogP contribution in [0.15, 0.2) is 143 Å². The van der Waals surface area contributed by atoms with Crippen LogP contribution in [0, 0.1) is 0 Å². The van der Waals surface area contributed by atoms with Crippen LogP contribution in [0.1, 0.15) is 117 Å². The van der Waals surface area contributed by atoms with E-state index in [0.717, 1.165) is 0 Å². The van der Waals surface area contributed by atoms with Gasteiger partial charge in [-0.3, -0.25) is 0 Å². The zero-order valence-corrected chi connectivity index (χ0v) is 42.3.